The summed E-state index contributed by atoms with van der Waals surface area (Å²) < 4.78 is 45.2. The number of rotatable bonds is 11. The van der Waals surface area contributed by atoms with Crippen LogP contribution >= 0.6 is 11.6 Å². The van der Waals surface area contributed by atoms with Crippen molar-refractivity contribution in [3.63, 3.8) is 0 Å². The quantitative estimate of drug-likeness (QED) is 0.229. The molecule has 214 valence electrons. The summed E-state index contributed by atoms with van der Waals surface area (Å²) in [5.41, 5.74) is 1.98. The predicted molar refractivity (Wildman–Crippen MR) is 150 cm³/mol. The van der Waals surface area contributed by atoms with Gasteiger partial charge in [0.05, 0.1) is 36.9 Å². The number of halogens is 3. The zero-order chi connectivity index (χ0) is 29.7. The van der Waals surface area contributed by atoms with E-state index >= 15 is 0 Å². The van der Waals surface area contributed by atoms with Gasteiger partial charge in [-0.15, -0.1) is 0 Å². The fraction of sp³-hybridized carbons (Fsp3) is 0.233. The van der Waals surface area contributed by atoms with Gasteiger partial charge in [0.15, 0.2) is 0 Å². The van der Waals surface area contributed by atoms with Gasteiger partial charge >= 0.3 is 5.97 Å². The second-order valence-electron chi connectivity index (χ2n) is 8.97. The lowest BCUT2D eigenvalue weighted by atomic mass is 9.93. The van der Waals surface area contributed by atoms with Crippen LogP contribution in [0.1, 0.15) is 28.4 Å². The van der Waals surface area contributed by atoms with E-state index in [-0.39, 0.29) is 6.42 Å². The van der Waals surface area contributed by atoms with E-state index in [1.807, 2.05) is 19.1 Å². The van der Waals surface area contributed by atoms with E-state index in [9.17, 15) is 23.5 Å². The molecule has 1 aromatic heterocycles. The molecular formula is C30H27ClF2N2O6. The second kappa shape index (κ2) is 12.9. The molecule has 0 aliphatic carbocycles. The number of aromatic nitrogens is 1. The standard InChI is InChI=1S/C30H27ClF2N2O6/c1-4-41-15-16-12-23(39-2)26(24(13-16)40-3)18-9-8-17(28-25(18)19(31)10-11-34-28)14-22(30(37)38)35-29(36)27-20(32)6-5-7-21(27)33/h5-13,22H,4,14-15H2,1-3H3,(H,35,36)(H,37,38). The molecule has 4 rings (SSSR count). The fourth-order valence-electron chi connectivity index (χ4n) is 4.56. The molecule has 0 saturated heterocycles. The van der Waals surface area contributed by atoms with Crippen molar-refractivity contribution in [2.45, 2.75) is 26.0 Å². The molecule has 1 atom stereocenters. The van der Waals surface area contributed by atoms with E-state index in [1.165, 1.54) is 20.4 Å². The minimum atomic E-state index is -1.53. The van der Waals surface area contributed by atoms with Crippen LogP contribution in [0.4, 0.5) is 8.78 Å². The largest absolute Gasteiger partial charge is 0.496 e. The van der Waals surface area contributed by atoms with Crippen molar-refractivity contribution in [1.82, 2.24) is 10.3 Å². The lowest BCUT2D eigenvalue weighted by molar-refractivity contribution is -0.139. The first kappa shape index (κ1) is 29.7. The first-order chi connectivity index (χ1) is 19.7. The summed E-state index contributed by atoms with van der Waals surface area (Å²) in [6.07, 6.45) is 1.23. The van der Waals surface area contributed by atoms with Gasteiger partial charge in [-0.25, -0.2) is 13.6 Å². The predicted octanol–water partition coefficient (Wildman–Crippen LogP) is 5.81. The van der Waals surface area contributed by atoms with Crippen molar-refractivity contribution in [3.05, 3.63) is 88.1 Å². The molecule has 0 fully saturated rings. The number of methoxy groups -OCH3 is 2. The van der Waals surface area contributed by atoms with Gasteiger partial charge in [-0.05, 0) is 48.4 Å². The van der Waals surface area contributed by atoms with Gasteiger partial charge in [-0.3, -0.25) is 9.78 Å². The molecule has 0 saturated carbocycles. The van der Waals surface area contributed by atoms with E-state index in [2.05, 4.69) is 10.3 Å². The highest BCUT2D eigenvalue weighted by Crippen LogP contribution is 2.44. The summed E-state index contributed by atoms with van der Waals surface area (Å²) >= 11 is 6.66. The van der Waals surface area contributed by atoms with Crippen molar-refractivity contribution in [3.8, 4) is 22.6 Å². The summed E-state index contributed by atoms with van der Waals surface area (Å²) in [5.74, 6) is -3.81. The average Bonchev–Trinajstić information content (AvgIpc) is 2.95. The van der Waals surface area contributed by atoms with Gasteiger partial charge < -0.3 is 24.6 Å². The Morgan fingerprint density at radius 3 is 2.29 bits per heavy atom. The Morgan fingerprint density at radius 1 is 1.05 bits per heavy atom. The van der Waals surface area contributed by atoms with E-state index < -0.39 is 35.1 Å². The first-order valence-electron chi connectivity index (χ1n) is 12.6. The monoisotopic (exact) mass is 584 g/mol. The van der Waals surface area contributed by atoms with Gasteiger partial charge in [0.25, 0.3) is 5.91 Å². The molecule has 11 heteroatoms. The number of amides is 1. The minimum absolute atomic E-state index is 0.247. The zero-order valence-corrected chi connectivity index (χ0v) is 23.2. The third-order valence-corrected chi connectivity index (χ3v) is 6.76. The summed E-state index contributed by atoms with van der Waals surface area (Å²) in [4.78, 5) is 29.2. The molecule has 41 heavy (non-hydrogen) atoms. The number of carboxylic acids is 1. The molecule has 0 bridgehead atoms. The minimum Gasteiger partial charge on any atom is -0.496 e. The smallest absolute Gasteiger partial charge is 0.326 e. The Kier molecular flexibility index (Phi) is 9.36. The molecule has 2 N–H and O–H groups in total. The maximum Gasteiger partial charge on any atom is 0.326 e. The number of ether oxygens (including phenoxy) is 3. The highest BCUT2D eigenvalue weighted by atomic mass is 35.5. The highest BCUT2D eigenvalue weighted by molar-refractivity contribution is 6.36. The van der Waals surface area contributed by atoms with Crippen molar-refractivity contribution in [2.75, 3.05) is 20.8 Å². The van der Waals surface area contributed by atoms with E-state index in [0.717, 1.165) is 23.8 Å². The second-order valence-corrected chi connectivity index (χ2v) is 9.37. The van der Waals surface area contributed by atoms with Crippen LogP contribution in [0.2, 0.25) is 5.02 Å². The van der Waals surface area contributed by atoms with Crippen molar-refractivity contribution in [1.29, 1.82) is 0 Å². The number of fused-ring (bicyclic) bond motifs is 1. The number of aliphatic carboxylic acids is 1. The van der Waals surface area contributed by atoms with Crippen molar-refractivity contribution in [2.24, 2.45) is 0 Å². The first-order valence-corrected chi connectivity index (χ1v) is 12.9. The molecular weight excluding hydrogens is 558 g/mol. The normalized spacial score (nSPS) is 11.8. The molecule has 0 spiro atoms. The number of hydrogen-bond acceptors (Lipinski definition) is 6. The Bertz CT molecular complexity index is 1570. The van der Waals surface area contributed by atoms with E-state index in [4.69, 9.17) is 25.8 Å². The molecule has 1 unspecified atom stereocenters. The van der Waals surface area contributed by atoms with Gasteiger partial charge in [0.1, 0.15) is 34.7 Å². The van der Waals surface area contributed by atoms with E-state index in [1.54, 1.807) is 18.2 Å². The SMILES string of the molecule is CCOCc1cc(OC)c(-c2ccc(CC(NC(=O)c3c(F)cccc3F)C(=O)O)c3nccc(Cl)c23)c(OC)c1. The molecule has 0 radical (unpaired) electrons. The van der Waals surface area contributed by atoms with Crippen LogP contribution in [0.15, 0.2) is 54.7 Å². The van der Waals surface area contributed by atoms with Crippen LogP contribution in [0.5, 0.6) is 11.5 Å². The summed E-state index contributed by atoms with van der Waals surface area (Å²) in [6, 6.07) is 10.0. The topological polar surface area (TPSA) is 107 Å². The van der Waals surface area contributed by atoms with Gasteiger partial charge in [0, 0.05) is 30.2 Å². The number of carboxylic acid groups (broad SMARTS) is 1. The molecule has 0 aliphatic rings. The van der Waals surface area contributed by atoms with Gasteiger partial charge in [-0.1, -0.05) is 29.8 Å². The van der Waals surface area contributed by atoms with Crippen LogP contribution in [0.3, 0.4) is 0 Å². The molecule has 4 aromatic rings. The number of benzene rings is 3. The highest BCUT2D eigenvalue weighted by Gasteiger charge is 2.27. The van der Waals surface area contributed by atoms with Crippen LogP contribution in [-0.4, -0.2) is 48.8 Å². The van der Waals surface area contributed by atoms with Crippen LogP contribution in [0.25, 0.3) is 22.0 Å². The van der Waals surface area contributed by atoms with Crippen LogP contribution in [-0.2, 0) is 22.6 Å². The lowest BCUT2D eigenvalue weighted by Gasteiger charge is -2.20. The Balaban J connectivity index is 1.79. The maximum atomic E-state index is 14.1. The van der Waals surface area contributed by atoms with E-state index in [0.29, 0.717) is 57.3 Å². The Hall–Kier alpha value is -4.28. The molecule has 1 heterocycles. The molecule has 1 amide bonds. The number of carbonyl (C=O) groups excluding carboxylic acids is 1. The molecule has 3 aromatic carbocycles. The van der Waals surface area contributed by atoms with Gasteiger partial charge in [-0.2, -0.15) is 0 Å². The fourth-order valence-corrected chi connectivity index (χ4v) is 4.80. The number of hydrogen-bond donors (Lipinski definition) is 2. The van der Waals surface area contributed by atoms with Gasteiger partial charge in [0.2, 0.25) is 0 Å². The zero-order valence-electron chi connectivity index (χ0n) is 22.5. The number of nitrogens with one attached hydrogen (secondary N) is 1. The summed E-state index contributed by atoms with van der Waals surface area (Å²) in [7, 11) is 3.05. The summed E-state index contributed by atoms with van der Waals surface area (Å²) in [6.45, 7) is 2.78. The Labute approximate surface area is 239 Å². The van der Waals surface area contributed by atoms with Crippen molar-refractivity contribution >= 4 is 34.4 Å². The lowest BCUT2D eigenvalue weighted by Crippen LogP contribution is -2.43. The average molecular weight is 585 g/mol. The number of pyridine rings is 1. The number of nitrogens with zero attached hydrogens (tertiary/aromatic N) is 1. The summed E-state index contributed by atoms with van der Waals surface area (Å²) in [5, 5.41) is 12.9. The molecule has 8 nitrogen and oxygen atoms in total. The third kappa shape index (κ3) is 6.23. The number of carbonyl (C=O) groups is 2. The Morgan fingerprint density at radius 2 is 1.71 bits per heavy atom. The van der Waals surface area contributed by atoms with Crippen LogP contribution < -0.4 is 14.8 Å². The van der Waals surface area contributed by atoms with Crippen molar-refractivity contribution < 1.29 is 37.7 Å². The van der Waals surface area contributed by atoms with Crippen LogP contribution in [0, 0.1) is 11.6 Å². The third-order valence-electron chi connectivity index (χ3n) is 6.45. The molecule has 0 aliphatic heterocycles. The maximum absolute atomic E-state index is 14.1.